The summed E-state index contributed by atoms with van der Waals surface area (Å²) in [5, 5.41) is 2.77. The average molecular weight is 265 g/mol. The normalized spacial score (nSPS) is 35.9. The minimum atomic E-state index is -0.120. The van der Waals surface area contributed by atoms with Gasteiger partial charge in [0.2, 0.25) is 11.8 Å². The van der Waals surface area contributed by atoms with Crippen molar-refractivity contribution in [2.24, 2.45) is 11.8 Å². The largest absolute Gasteiger partial charge is 0.355 e. The molecule has 3 unspecified atom stereocenters. The number of carbonyl (C=O) groups excluding carboxylic acids is 2. The van der Waals surface area contributed by atoms with E-state index in [2.05, 4.69) is 22.2 Å². The van der Waals surface area contributed by atoms with E-state index in [0.29, 0.717) is 24.9 Å². The Morgan fingerprint density at radius 3 is 2.89 bits per heavy atom. The third-order valence-electron chi connectivity index (χ3n) is 4.88. The lowest BCUT2D eigenvalue weighted by Gasteiger charge is -2.47. The summed E-state index contributed by atoms with van der Waals surface area (Å²) in [7, 11) is 2.16. The molecule has 3 saturated heterocycles. The zero-order valence-electron chi connectivity index (χ0n) is 11.6. The van der Waals surface area contributed by atoms with Crippen molar-refractivity contribution >= 4 is 11.8 Å². The maximum atomic E-state index is 12.6. The topological polar surface area (TPSA) is 52.6 Å². The number of fused-ring (bicyclic) bond motifs is 1. The average Bonchev–Trinajstić information content (AvgIpc) is 2.83. The quantitative estimate of drug-likeness (QED) is 0.730. The first-order valence-corrected chi connectivity index (χ1v) is 7.41. The SMILES string of the molecule is CN1CCC2C(CCCN2C(=O)C2CNC(=O)C2)C1. The molecule has 0 aromatic carbocycles. The summed E-state index contributed by atoms with van der Waals surface area (Å²) in [6.45, 7) is 3.60. The number of nitrogens with zero attached hydrogens (tertiary/aromatic N) is 2. The third kappa shape index (κ3) is 2.48. The van der Waals surface area contributed by atoms with E-state index in [-0.39, 0.29) is 17.7 Å². The number of likely N-dealkylation sites (tertiary alicyclic amines) is 2. The molecule has 106 valence electrons. The second-order valence-electron chi connectivity index (χ2n) is 6.26. The van der Waals surface area contributed by atoms with E-state index in [9.17, 15) is 9.59 Å². The number of hydrogen-bond donors (Lipinski definition) is 1. The van der Waals surface area contributed by atoms with Gasteiger partial charge in [-0.05, 0) is 38.8 Å². The van der Waals surface area contributed by atoms with Gasteiger partial charge in [-0.1, -0.05) is 0 Å². The lowest BCUT2D eigenvalue weighted by Crippen LogP contribution is -2.56. The minimum absolute atomic E-state index is 0.0234. The second kappa shape index (κ2) is 5.12. The minimum Gasteiger partial charge on any atom is -0.355 e. The van der Waals surface area contributed by atoms with Gasteiger partial charge >= 0.3 is 0 Å². The molecule has 3 aliphatic rings. The van der Waals surface area contributed by atoms with Crippen molar-refractivity contribution in [2.45, 2.75) is 31.7 Å². The van der Waals surface area contributed by atoms with Crippen molar-refractivity contribution in [3.63, 3.8) is 0 Å². The Hall–Kier alpha value is -1.10. The van der Waals surface area contributed by atoms with Gasteiger partial charge in [0.05, 0.1) is 5.92 Å². The predicted molar refractivity (Wildman–Crippen MR) is 71.5 cm³/mol. The molecule has 3 atom stereocenters. The molecular formula is C14H23N3O2. The zero-order chi connectivity index (χ0) is 13.4. The molecule has 5 heteroatoms. The van der Waals surface area contributed by atoms with Gasteiger partial charge in [-0.3, -0.25) is 9.59 Å². The van der Waals surface area contributed by atoms with Crippen molar-refractivity contribution in [1.29, 1.82) is 0 Å². The van der Waals surface area contributed by atoms with Gasteiger partial charge in [0.15, 0.2) is 0 Å². The fourth-order valence-electron chi connectivity index (χ4n) is 3.87. The van der Waals surface area contributed by atoms with Crippen molar-refractivity contribution in [2.75, 3.05) is 33.2 Å². The van der Waals surface area contributed by atoms with Crippen LogP contribution in [0.5, 0.6) is 0 Å². The molecule has 19 heavy (non-hydrogen) atoms. The van der Waals surface area contributed by atoms with Crippen LogP contribution in [0.1, 0.15) is 25.7 Å². The Morgan fingerprint density at radius 1 is 1.32 bits per heavy atom. The van der Waals surface area contributed by atoms with Crippen LogP contribution < -0.4 is 5.32 Å². The number of piperidine rings is 2. The third-order valence-corrected chi connectivity index (χ3v) is 4.88. The van der Waals surface area contributed by atoms with E-state index in [1.165, 1.54) is 6.42 Å². The lowest BCUT2D eigenvalue weighted by molar-refractivity contribution is -0.142. The molecule has 5 nitrogen and oxygen atoms in total. The van der Waals surface area contributed by atoms with Crippen LogP contribution in [0.2, 0.25) is 0 Å². The molecule has 0 aromatic rings. The summed E-state index contributed by atoms with van der Waals surface area (Å²) < 4.78 is 0. The number of rotatable bonds is 1. The van der Waals surface area contributed by atoms with Crippen LogP contribution in [0.15, 0.2) is 0 Å². The molecule has 0 aliphatic carbocycles. The van der Waals surface area contributed by atoms with Gasteiger partial charge in [-0.2, -0.15) is 0 Å². The van der Waals surface area contributed by atoms with E-state index >= 15 is 0 Å². The highest BCUT2D eigenvalue weighted by atomic mass is 16.2. The first-order chi connectivity index (χ1) is 9.15. The molecular weight excluding hydrogens is 242 g/mol. The van der Waals surface area contributed by atoms with E-state index in [1.54, 1.807) is 0 Å². The molecule has 3 rings (SSSR count). The summed E-state index contributed by atoms with van der Waals surface area (Å²) in [6.07, 6.45) is 3.81. The Bertz CT molecular complexity index is 385. The molecule has 3 fully saturated rings. The van der Waals surface area contributed by atoms with Gasteiger partial charge < -0.3 is 15.1 Å². The predicted octanol–water partition coefficient (Wildman–Crippen LogP) is 0.0652. The summed E-state index contributed by atoms with van der Waals surface area (Å²) in [5.41, 5.74) is 0. The van der Waals surface area contributed by atoms with Crippen LogP contribution in [0.25, 0.3) is 0 Å². The summed E-state index contributed by atoms with van der Waals surface area (Å²) in [5.74, 6) is 0.736. The van der Waals surface area contributed by atoms with Gasteiger partial charge in [0.25, 0.3) is 0 Å². The number of hydrogen-bond acceptors (Lipinski definition) is 3. The van der Waals surface area contributed by atoms with Gasteiger partial charge in [0, 0.05) is 32.1 Å². The Labute approximate surface area is 114 Å². The molecule has 1 N–H and O–H groups in total. The summed E-state index contributed by atoms with van der Waals surface area (Å²) >= 11 is 0. The Morgan fingerprint density at radius 2 is 2.16 bits per heavy atom. The molecule has 0 radical (unpaired) electrons. The first kappa shape index (κ1) is 12.9. The van der Waals surface area contributed by atoms with Crippen LogP contribution in [0, 0.1) is 11.8 Å². The Kier molecular flexibility index (Phi) is 3.48. The monoisotopic (exact) mass is 265 g/mol. The van der Waals surface area contributed by atoms with Crippen LogP contribution in [-0.2, 0) is 9.59 Å². The second-order valence-corrected chi connectivity index (χ2v) is 6.26. The zero-order valence-corrected chi connectivity index (χ0v) is 11.6. The maximum Gasteiger partial charge on any atom is 0.228 e. The van der Waals surface area contributed by atoms with Crippen molar-refractivity contribution in [1.82, 2.24) is 15.1 Å². The number of amides is 2. The van der Waals surface area contributed by atoms with E-state index in [4.69, 9.17) is 0 Å². The standard InChI is InChI=1S/C14H23N3O2/c1-16-6-4-12-10(9-16)3-2-5-17(12)14(19)11-7-13(18)15-8-11/h10-12H,2-9H2,1H3,(H,15,18). The van der Waals surface area contributed by atoms with Crippen LogP contribution in [0.4, 0.5) is 0 Å². The van der Waals surface area contributed by atoms with Gasteiger partial charge in [-0.25, -0.2) is 0 Å². The fourth-order valence-corrected chi connectivity index (χ4v) is 3.87. The smallest absolute Gasteiger partial charge is 0.228 e. The highest BCUT2D eigenvalue weighted by Gasteiger charge is 2.40. The molecule has 3 aliphatic heterocycles. The fraction of sp³-hybridized carbons (Fsp3) is 0.857. The molecule has 2 amide bonds. The highest BCUT2D eigenvalue weighted by molar-refractivity contribution is 5.89. The highest BCUT2D eigenvalue weighted by Crippen LogP contribution is 2.31. The van der Waals surface area contributed by atoms with E-state index in [1.807, 2.05) is 0 Å². The van der Waals surface area contributed by atoms with Crippen molar-refractivity contribution < 1.29 is 9.59 Å². The first-order valence-electron chi connectivity index (χ1n) is 7.41. The summed E-state index contributed by atoms with van der Waals surface area (Å²) in [6, 6.07) is 0.410. The maximum absolute atomic E-state index is 12.6. The lowest BCUT2D eigenvalue weighted by atomic mass is 9.83. The molecule has 0 saturated carbocycles. The molecule has 0 aromatic heterocycles. The van der Waals surface area contributed by atoms with Crippen molar-refractivity contribution in [3.05, 3.63) is 0 Å². The number of nitrogens with one attached hydrogen (secondary N) is 1. The molecule has 0 bridgehead atoms. The van der Waals surface area contributed by atoms with Crippen LogP contribution in [0.3, 0.4) is 0 Å². The molecule has 0 spiro atoms. The van der Waals surface area contributed by atoms with Crippen LogP contribution in [-0.4, -0.2) is 60.9 Å². The number of carbonyl (C=O) groups is 2. The van der Waals surface area contributed by atoms with E-state index < -0.39 is 0 Å². The van der Waals surface area contributed by atoms with Crippen molar-refractivity contribution in [3.8, 4) is 0 Å². The van der Waals surface area contributed by atoms with Gasteiger partial charge in [-0.15, -0.1) is 0 Å². The van der Waals surface area contributed by atoms with Crippen LogP contribution >= 0.6 is 0 Å². The molecule has 3 heterocycles. The summed E-state index contributed by atoms with van der Waals surface area (Å²) in [4.78, 5) is 28.3. The van der Waals surface area contributed by atoms with Gasteiger partial charge in [0.1, 0.15) is 0 Å². The Balaban J connectivity index is 1.69. The van der Waals surface area contributed by atoms with E-state index in [0.717, 1.165) is 32.5 Å².